The van der Waals surface area contributed by atoms with Gasteiger partial charge in [0.1, 0.15) is 5.82 Å². The molecular weight excluding hydrogens is 290 g/mol. The number of rotatable bonds is 3. The lowest BCUT2D eigenvalue weighted by Crippen LogP contribution is -2.35. The van der Waals surface area contributed by atoms with Gasteiger partial charge < -0.3 is 10.6 Å². The average Bonchev–Trinajstić information content (AvgIpc) is 3.10. The van der Waals surface area contributed by atoms with E-state index in [4.69, 9.17) is 0 Å². The summed E-state index contributed by atoms with van der Waals surface area (Å²) in [5.41, 5.74) is 1.65. The summed E-state index contributed by atoms with van der Waals surface area (Å²) in [6.07, 6.45) is 1.94. The lowest BCUT2D eigenvalue weighted by molar-refractivity contribution is -0.117. The number of anilines is 1. The van der Waals surface area contributed by atoms with Crippen LogP contribution in [0.5, 0.6) is 0 Å². The number of aryl methyl sites for hydroxylation is 1. The Morgan fingerprint density at radius 1 is 1.43 bits per heavy atom. The number of amides is 1. The molecule has 0 spiro atoms. The molecule has 0 saturated carbocycles. The fourth-order valence-electron chi connectivity index (χ4n) is 2.35. The van der Waals surface area contributed by atoms with Crippen LogP contribution < -0.4 is 10.6 Å². The monoisotopic (exact) mass is 307 g/mol. The molecular formula is C14H18ClN5O. The van der Waals surface area contributed by atoms with E-state index in [9.17, 15) is 4.79 Å². The molecule has 1 amide bonds. The Morgan fingerprint density at radius 3 is 2.95 bits per heavy atom. The van der Waals surface area contributed by atoms with Crippen LogP contribution in [0.2, 0.25) is 0 Å². The van der Waals surface area contributed by atoms with E-state index >= 15 is 0 Å². The van der Waals surface area contributed by atoms with E-state index in [0.717, 1.165) is 36.5 Å². The van der Waals surface area contributed by atoms with Crippen molar-refractivity contribution in [3.05, 3.63) is 30.1 Å². The number of aromatic amines is 1. The second-order valence-electron chi connectivity index (χ2n) is 4.96. The first-order valence-electron chi connectivity index (χ1n) is 6.76. The van der Waals surface area contributed by atoms with Crippen molar-refractivity contribution in [1.82, 2.24) is 20.5 Å². The number of nitrogens with zero attached hydrogens (tertiary/aromatic N) is 2. The van der Waals surface area contributed by atoms with Gasteiger partial charge in [0.05, 0.1) is 6.04 Å². The summed E-state index contributed by atoms with van der Waals surface area (Å²) in [6, 6.07) is 7.49. The van der Waals surface area contributed by atoms with Crippen molar-refractivity contribution < 1.29 is 4.79 Å². The molecule has 0 radical (unpaired) electrons. The Labute approximate surface area is 129 Å². The second-order valence-corrected chi connectivity index (χ2v) is 4.96. The molecule has 1 saturated heterocycles. The highest BCUT2D eigenvalue weighted by Crippen LogP contribution is 2.19. The summed E-state index contributed by atoms with van der Waals surface area (Å²) >= 11 is 0. The van der Waals surface area contributed by atoms with Crippen LogP contribution in [0.3, 0.4) is 0 Å². The minimum Gasteiger partial charge on any atom is -0.325 e. The number of halogens is 1. The Morgan fingerprint density at radius 2 is 2.29 bits per heavy atom. The summed E-state index contributed by atoms with van der Waals surface area (Å²) in [5, 5.41) is 13.1. The number of aromatic nitrogens is 3. The predicted octanol–water partition coefficient (Wildman–Crippen LogP) is 1.89. The Balaban J connectivity index is 0.00000161. The number of benzene rings is 1. The molecule has 7 heteroatoms. The fraction of sp³-hybridized carbons (Fsp3) is 0.357. The first-order valence-corrected chi connectivity index (χ1v) is 6.76. The summed E-state index contributed by atoms with van der Waals surface area (Å²) < 4.78 is 0. The highest BCUT2D eigenvalue weighted by molar-refractivity contribution is 5.95. The minimum atomic E-state index is -0.0793. The predicted molar refractivity (Wildman–Crippen MR) is 83.5 cm³/mol. The van der Waals surface area contributed by atoms with Gasteiger partial charge in [0.2, 0.25) is 5.91 Å². The number of carbonyl (C=O) groups is 1. The van der Waals surface area contributed by atoms with E-state index in [1.807, 2.05) is 31.2 Å². The Bertz CT molecular complexity index is 621. The van der Waals surface area contributed by atoms with E-state index in [2.05, 4.69) is 25.8 Å². The molecule has 1 aromatic heterocycles. The van der Waals surface area contributed by atoms with Crippen LogP contribution in [0.15, 0.2) is 24.3 Å². The number of hydrogen-bond acceptors (Lipinski definition) is 4. The number of nitrogens with one attached hydrogen (secondary N) is 3. The lowest BCUT2D eigenvalue weighted by Gasteiger charge is -2.11. The van der Waals surface area contributed by atoms with Crippen LogP contribution in [0, 0.1) is 6.92 Å². The minimum absolute atomic E-state index is 0. The molecule has 21 heavy (non-hydrogen) atoms. The zero-order chi connectivity index (χ0) is 13.9. The molecule has 2 aromatic rings. The maximum absolute atomic E-state index is 12.1. The second kappa shape index (κ2) is 6.69. The third-order valence-corrected chi connectivity index (χ3v) is 3.36. The summed E-state index contributed by atoms with van der Waals surface area (Å²) in [5.74, 6) is 1.42. The van der Waals surface area contributed by atoms with E-state index in [1.165, 1.54) is 0 Å². The third-order valence-electron chi connectivity index (χ3n) is 3.36. The number of H-pyrrole nitrogens is 1. The molecule has 3 N–H and O–H groups in total. The van der Waals surface area contributed by atoms with Crippen molar-refractivity contribution in [2.45, 2.75) is 25.8 Å². The standard InChI is InChI=1S/C14H17N5O.ClH/c1-9-16-13(19-18-9)10-4-2-5-11(8-10)17-14(20)12-6-3-7-15-12;/h2,4-5,8,12,15H,3,6-7H2,1H3,(H,17,20)(H,16,18,19);1H/t12-;/m0./s1. The van der Waals surface area contributed by atoms with Crippen molar-refractivity contribution in [2.24, 2.45) is 0 Å². The van der Waals surface area contributed by atoms with Crippen LogP contribution in [0.25, 0.3) is 11.4 Å². The maximum Gasteiger partial charge on any atom is 0.241 e. The van der Waals surface area contributed by atoms with Crippen molar-refractivity contribution in [1.29, 1.82) is 0 Å². The van der Waals surface area contributed by atoms with Gasteiger partial charge in [-0.1, -0.05) is 12.1 Å². The van der Waals surface area contributed by atoms with Crippen LogP contribution >= 0.6 is 12.4 Å². The van der Waals surface area contributed by atoms with Gasteiger partial charge >= 0.3 is 0 Å². The molecule has 1 fully saturated rings. The molecule has 1 atom stereocenters. The van der Waals surface area contributed by atoms with E-state index in [-0.39, 0.29) is 24.4 Å². The van der Waals surface area contributed by atoms with Gasteiger partial charge in [-0.05, 0) is 38.4 Å². The van der Waals surface area contributed by atoms with Gasteiger partial charge in [-0.25, -0.2) is 4.98 Å². The van der Waals surface area contributed by atoms with Gasteiger partial charge in [-0.3, -0.25) is 9.89 Å². The van der Waals surface area contributed by atoms with Crippen molar-refractivity contribution in [2.75, 3.05) is 11.9 Å². The van der Waals surface area contributed by atoms with E-state index < -0.39 is 0 Å². The molecule has 1 aliphatic heterocycles. The number of carbonyl (C=O) groups excluding carboxylic acids is 1. The smallest absolute Gasteiger partial charge is 0.241 e. The SMILES string of the molecule is Cc1nc(-c2cccc(NC(=O)[C@@H]3CCCN3)c2)n[nH]1.Cl. The largest absolute Gasteiger partial charge is 0.325 e. The molecule has 0 aliphatic carbocycles. The zero-order valence-corrected chi connectivity index (χ0v) is 12.5. The van der Waals surface area contributed by atoms with Gasteiger partial charge in [-0.15, -0.1) is 12.4 Å². The molecule has 2 heterocycles. The first-order chi connectivity index (χ1) is 9.72. The fourth-order valence-corrected chi connectivity index (χ4v) is 2.35. The van der Waals surface area contributed by atoms with Gasteiger partial charge in [-0.2, -0.15) is 5.10 Å². The molecule has 0 unspecified atom stereocenters. The number of hydrogen-bond donors (Lipinski definition) is 3. The molecule has 1 aliphatic rings. The topological polar surface area (TPSA) is 82.7 Å². The van der Waals surface area contributed by atoms with E-state index in [1.54, 1.807) is 0 Å². The Hall–Kier alpha value is -1.92. The first kappa shape index (κ1) is 15.5. The normalized spacial score (nSPS) is 17.3. The highest BCUT2D eigenvalue weighted by atomic mass is 35.5. The quantitative estimate of drug-likeness (QED) is 0.808. The van der Waals surface area contributed by atoms with Crippen molar-refractivity contribution >= 4 is 24.0 Å². The summed E-state index contributed by atoms with van der Waals surface area (Å²) in [7, 11) is 0. The van der Waals surface area contributed by atoms with Crippen LogP contribution in [-0.2, 0) is 4.79 Å². The molecule has 0 bridgehead atoms. The van der Waals surface area contributed by atoms with E-state index in [0.29, 0.717) is 5.82 Å². The van der Waals surface area contributed by atoms with Crippen LogP contribution in [0.1, 0.15) is 18.7 Å². The van der Waals surface area contributed by atoms with Crippen LogP contribution in [-0.4, -0.2) is 33.7 Å². The lowest BCUT2D eigenvalue weighted by atomic mass is 10.1. The Kier molecular flexibility index (Phi) is 4.93. The van der Waals surface area contributed by atoms with Crippen molar-refractivity contribution in [3.63, 3.8) is 0 Å². The summed E-state index contributed by atoms with van der Waals surface area (Å²) in [6.45, 7) is 2.77. The third kappa shape index (κ3) is 3.59. The molecule has 3 rings (SSSR count). The van der Waals surface area contributed by atoms with Gasteiger partial charge in [0.15, 0.2) is 5.82 Å². The summed E-state index contributed by atoms with van der Waals surface area (Å²) in [4.78, 5) is 16.3. The average molecular weight is 308 g/mol. The molecule has 112 valence electrons. The van der Waals surface area contributed by atoms with Crippen molar-refractivity contribution in [3.8, 4) is 11.4 Å². The van der Waals surface area contributed by atoms with Crippen LogP contribution in [0.4, 0.5) is 5.69 Å². The molecule has 1 aromatic carbocycles. The highest BCUT2D eigenvalue weighted by Gasteiger charge is 2.21. The maximum atomic E-state index is 12.1. The van der Waals surface area contributed by atoms with Gasteiger partial charge in [0.25, 0.3) is 0 Å². The molecule has 6 nitrogen and oxygen atoms in total. The zero-order valence-electron chi connectivity index (χ0n) is 11.7. The van der Waals surface area contributed by atoms with Gasteiger partial charge in [0, 0.05) is 11.3 Å².